The minimum absolute atomic E-state index is 1.22. The van der Waals surface area contributed by atoms with Gasteiger partial charge in [0.1, 0.15) is 0 Å². The molecular formula is C48H32. The summed E-state index contributed by atoms with van der Waals surface area (Å²) in [5, 5.41) is 7.83. The summed E-state index contributed by atoms with van der Waals surface area (Å²) in [4.78, 5) is 0. The maximum absolute atomic E-state index is 2.36. The van der Waals surface area contributed by atoms with E-state index in [1.54, 1.807) is 0 Å². The van der Waals surface area contributed by atoms with E-state index in [4.69, 9.17) is 0 Å². The Morgan fingerprint density at radius 2 is 0.417 bits per heavy atom. The van der Waals surface area contributed by atoms with Gasteiger partial charge in [0, 0.05) is 0 Å². The highest BCUT2D eigenvalue weighted by Crippen LogP contribution is 2.37. The van der Waals surface area contributed by atoms with Crippen LogP contribution in [0, 0.1) is 0 Å². The van der Waals surface area contributed by atoms with E-state index in [2.05, 4.69) is 194 Å². The van der Waals surface area contributed by atoms with Crippen LogP contribution in [0.25, 0.3) is 88.0 Å². The monoisotopic (exact) mass is 608 g/mol. The zero-order valence-electron chi connectivity index (χ0n) is 26.5. The molecule has 0 nitrogen and oxygen atoms in total. The summed E-state index contributed by atoms with van der Waals surface area (Å²) in [5.74, 6) is 0. The van der Waals surface area contributed by atoms with E-state index in [0.717, 1.165) is 0 Å². The molecule has 224 valence electrons. The summed E-state index contributed by atoms with van der Waals surface area (Å²) in [6, 6.07) is 70.6. The van der Waals surface area contributed by atoms with Gasteiger partial charge in [-0.15, -0.1) is 0 Å². The van der Waals surface area contributed by atoms with E-state index in [1.165, 1.54) is 88.0 Å². The minimum atomic E-state index is 1.22. The summed E-state index contributed by atoms with van der Waals surface area (Å²) < 4.78 is 0. The molecule has 0 atom stereocenters. The molecule has 9 aromatic carbocycles. The quantitative estimate of drug-likeness (QED) is 0.171. The van der Waals surface area contributed by atoms with Crippen LogP contribution >= 0.6 is 0 Å². The Kier molecular flexibility index (Phi) is 6.91. The molecule has 0 aromatic heterocycles. The van der Waals surface area contributed by atoms with Crippen molar-refractivity contribution in [3.05, 3.63) is 194 Å². The molecule has 0 aliphatic heterocycles. The van der Waals surface area contributed by atoms with Gasteiger partial charge in [0.15, 0.2) is 0 Å². The highest BCUT2D eigenvalue weighted by atomic mass is 14.1. The van der Waals surface area contributed by atoms with Gasteiger partial charge >= 0.3 is 0 Å². The maximum atomic E-state index is 2.36. The Morgan fingerprint density at radius 3 is 0.854 bits per heavy atom. The number of hydrogen-bond acceptors (Lipinski definition) is 0. The van der Waals surface area contributed by atoms with Crippen LogP contribution in [0.2, 0.25) is 0 Å². The van der Waals surface area contributed by atoms with Crippen LogP contribution in [0.5, 0.6) is 0 Å². The summed E-state index contributed by atoms with van der Waals surface area (Å²) in [5.41, 5.74) is 12.3. The summed E-state index contributed by atoms with van der Waals surface area (Å²) in [7, 11) is 0. The van der Waals surface area contributed by atoms with E-state index >= 15 is 0 Å². The first-order valence-corrected chi connectivity index (χ1v) is 16.6. The van der Waals surface area contributed by atoms with Gasteiger partial charge in [-0.3, -0.25) is 0 Å². The fourth-order valence-electron chi connectivity index (χ4n) is 7.16. The van der Waals surface area contributed by atoms with Gasteiger partial charge in [-0.2, -0.15) is 0 Å². The average Bonchev–Trinajstić information content (AvgIpc) is 3.18. The third-order valence-electron chi connectivity index (χ3n) is 9.70. The van der Waals surface area contributed by atoms with E-state index < -0.39 is 0 Å². The fraction of sp³-hybridized carbons (Fsp3) is 0. The zero-order valence-corrected chi connectivity index (χ0v) is 26.5. The van der Waals surface area contributed by atoms with Crippen LogP contribution in [0.1, 0.15) is 0 Å². The molecule has 0 bridgehead atoms. The van der Waals surface area contributed by atoms with Crippen molar-refractivity contribution >= 4 is 32.3 Å². The second-order valence-corrected chi connectivity index (χ2v) is 12.5. The third-order valence-corrected chi connectivity index (χ3v) is 9.70. The molecule has 0 heteroatoms. The van der Waals surface area contributed by atoms with Crippen molar-refractivity contribution in [1.82, 2.24) is 0 Å². The second kappa shape index (κ2) is 11.8. The molecule has 0 aliphatic rings. The predicted octanol–water partition coefficient (Wildman–Crippen LogP) is 13.5. The lowest BCUT2D eigenvalue weighted by molar-refractivity contribution is 1.56. The molecule has 9 aromatic rings. The summed E-state index contributed by atoms with van der Waals surface area (Å²) in [6.45, 7) is 0. The standard InChI is InChI=1S/C48H32/c1-2-9-33(10-3-1)34-17-23-37(24-18-34)40-11-8-12-41(31-40)38-25-19-35(20-26-38)36-21-27-39(28-22-36)42-29-30-47-45-15-5-4-13-43(45)44-14-6-7-16-46(44)48(47)32-42/h1-32H. The Balaban J connectivity index is 0.977. The Bertz CT molecular complexity index is 2520. The molecule has 48 heavy (non-hydrogen) atoms. The predicted molar refractivity (Wildman–Crippen MR) is 206 cm³/mol. The van der Waals surface area contributed by atoms with E-state index in [-0.39, 0.29) is 0 Å². The first-order chi connectivity index (χ1) is 23.8. The Morgan fingerprint density at radius 1 is 0.146 bits per heavy atom. The molecule has 0 heterocycles. The van der Waals surface area contributed by atoms with E-state index in [9.17, 15) is 0 Å². The van der Waals surface area contributed by atoms with E-state index in [0.29, 0.717) is 0 Å². The fourth-order valence-corrected chi connectivity index (χ4v) is 7.16. The lowest BCUT2D eigenvalue weighted by Gasteiger charge is -2.12. The number of benzene rings is 9. The molecular weight excluding hydrogens is 577 g/mol. The SMILES string of the molecule is c1ccc(-c2ccc(-c3cccc(-c4ccc(-c5ccc(-c6ccc7c8ccccc8c8ccccc8c7c6)cc5)cc4)c3)cc2)cc1. The van der Waals surface area contributed by atoms with Crippen LogP contribution in [-0.2, 0) is 0 Å². The molecule has 0 saturated carbocycles. The Hall–Kier alpha value is -6.24. The first-order valence-electron chi connectivity index (χ1n) is 16.6. The molecule has 0 unspecified atom stereocenters. The highest BCUT2D eigenvalue weighted by Gasteiger charge is 2.10. The van der Waals surface area contributed by atoms with Gasteiger partial charge in [-0.25, -0.2) is 0 Å². The molecule has 0 fully saturated rings. The Labute approximate surface area is 281 Å². The van der Waals surface area contributed by atoms with Crippen LogP contribution in [0.15, 0.2) is 194 Å². The number of hydrogen-bond donors (Lipinski definition) is 0. The lowest BCUT2D eigenvalue weighted by atomic mass is 9.91. The normalized spacial score (nSPS) is 11.3. The largest absolute Gasteiger partial charge is 0.0622 e. The smallest absolute Gasteiger partial charge is 0.00928 e. The molecule has 0 amide bonds. The molecule has 0 radical (unpaired) electrons. The molecule has 0 N–H and O–H groups in total. The topological polar surface area (TPSA) is 0 Å². The highest BCUT2D eigenvalue weighted by molar-refractivity contribution is 6.25. The van der Waals surface area contributed by atoms with Gasteiger partial charge in [-0.05, 0) is 100 Å². The third kappa shape index (κ3) is 5.05. The van der Waals surface area contributed by atoms with Gasteiger partial charge in [0.2, 0.25) is 0 Å². The summed E-state index contributed by atoms with van der Waals surface area (Å²) in [6.07, 6.45) is 0. The minimum Gasteiger partial charge on any atom is -0.0622 e. The van der Waals surface area contributed by atoms with Crippen LogP contribution in [-0.4, -0.2) is 0 Å². The van der Waals surface area contributed by atoms with Crippen molar-refractivity contribution in [2.75, 3.05) is 0 Å². The molecule has 9 rings (SSSR count). The van der Waals surface area contributed by atoms with E-state index in [1.807, 2.05) is 0 Å². The van der Waals surface area contributed by atoms with Crippen LogP contribution in [0.3, 0.4) is 0 Å². The number of fused-ring (bicyclic) bond motifs is 6. The lowest BCUT2D eigenvalue weighted by Crippen LogP contribution is -1.85. The van der Waals surface area contributed by atoms with Crippen molar-refractivity contribution in [1.29, 1.82) is 0 Å². The van der Waals surface area contributed by atoms with Crippen molar-refractivity contribution in [2.45, 2.75) is 0 Å². The zero-order chi connectivity index (χ0) is 31.9. The van der Waals surface area contributed by atoms with Crippen molar-refractivity contribution in [3.8, 4) is 55.6 Å². The molecule has 0 spiro atoms. The second-order valence-electron chi connectivity index (χ2n) is 12.5. The van der Waals surface area contributed by atoms with Gasteiger partial charge in [0.05, 0.1) is 0 Å². The van der Waals surface area contributed by atoms with Gasteiger partial charge in [0.25, 0.3) is 0 Å². The van der Waals surface area contributed by atoms with Crippen molar-refractivity contribution in [3.63, 3.8) is 0 Å². The summed E-state index contributed by atoms with van der Waals surface area (Å²) >= 11 is 0. The molecule has 0 aliphatic carbocycles. The molecule has 0 saturated heterocycles. The van der Waals surface area contributed by atoms with Crippen LogP contribution in [0.4, 0.5) is 0 Å². The van der Waals surface area contributed by atoms with Crippen molar-refractivity contribution in [2.24, 2.45) is 0 Å². The van der Waals surface area contributed by atoms with Gasteiger partial charge in [-0.1, -0.05) is 182 Å². The number of rotatable bonds is 5. The average molecular weight is 609 g/mol. The first kappa shape index (κ1) is 28.0. The van der Waals surface area contributed by atoms with Crippen molar-refractivity contribution < 1.29 is 0 Å². The van der Waals surface area contributed by atoms with Gasteiger partial charge < -0.3 is 0 Å². The maximum Gasteiger partial charge on any atom is -0.00928 e. The van der Waals surface area contributed by atoms with Crippen LogP contribution < -0.4 is 0 Å².